The molecule has 0 N–H and O–H groups in total. The molecule has 0 unspecified atom stereocenters. The van der Waals surface area contributed by atoms with Crippen molar-refractivity contribution < 1.29 is 14.4 Å². The zero-order valence-corrected chi connectivity index (χ0v) is 15.6. The number of fused-ring (bicyclic) bond motifs is 5. The molecule has 0 bridgehead atoms. The maximum Gasteiger partial charge on any atom is 0.204 e. The van der Waals surface area contributed by atoms with E-state index in [0.717, 1.165) is 38.5 Å². The third-order valence-corrected chi connectivity index (χ3v) is 8.70. The number of ketones is 3. The predicted molar refractivity (Wildman–Crippen MR) is 95.8 cm³/mol. The minimum Gasteiger partial charge on any atom is -0.300 e. The van der Waals surface area contributed by atoms with Gasteiger partial charge in [-0.05, 0) is 67.1 Å². The van der Waals surface area contributed by atoms with Crippen LogP contribution < -0.4 is 0 Å². The molecule has 136 valence electrons. The van der Waals surface area contributed by atoms with Gasteiger partial charge in [0.15, 0.2) is 5.78 Å². The van der Waals surface area contributed by atoms with Crippen molar-refractivity contribution in [1.29, 1.82) is 0 Å². The van der Waals surface area contributed by atoms with Crippen LogP contribution in [0.3, 0.4) is 0 Å². The summed E-state index contributed by atoms with van der Waals surface area (Å²) in [6.07, 6.45) is 8.76. The molecule has 3 nitrogen and oxygen atoms in total. The highest BCUT2D eigenvalue weighted by Gasteiger charge is 2.64. The maximum absolute atomic E-state index is 12.6. The normalized spacial score (nSPS) is 49.4. The topological polar surface area (TPSA) is 51.2 Å². The zero-order chi connectivity index (χ0) is 18.0. The molecule has 3 heteroatoms. The summed E-state index contributed by atoms with van der Waals surface area (Å²) in [6.45, 7) is 8.40. The van der Waals surface area contributed by atoms with Crippen LogP contribution in [0.25, 0.3) is 0 Å². The lowest BCUT2D eigenvalue weighted by Crippen LogP contribution is -2.56. The fourth-order valence-electron chi connectivity index (χ4n) is 7.27. The molecule has 4 fully saturated rings. The first-order valence-corrected chi connectivity index (χ1v) is 10.0. The van der Waals surface area contributed by atoms with E-state index in [0.29, 0.717) is 42.3 Å². The molecule has 25 heavy (non-hydrogen) atoms. The van der Waals surface area contributed by atoms with E-state index in [2.05, 4.69) is 13.5 Å². The summed E-state index contributed by atoms with van der Waals surface area (Å²) in [4.78, 5) is 37.0. The van der Waals surface area contributed by atoms with Crippen LogP contribution in [-0.2, 0) is 14.4 Å². The van der Waals surface area contributed by atoms with Crippen molar-refractivity contribution in [3.8, 4) is 0 Å². The summed E-state index contributed by atoms with van der Waals surface area (Å²) in [5.74, 6) is 2.28. The molecule has 0 spiro atoms. The SMILES string of the molecule is C=CC[C@@H]1C[C@H]2CC(=O)CC[C@]2(C)[C@H]2CC[C@]3(C)C(=O)C(=O)C[C@H]3[C@H]12. The summed E-state index contributed by atoms with van der Waals surface area (Å²) in [5, 5.41) is 0. The number of Topliss-reactive ketones (excluding diaryl/α,β-unsaturated/α-hetero) is 3. The van der Waals surface area contributed by atoms with Gasteiger partial charge in [0.2, 0.25) is 5.78 Å². The van der Waals surface area contributed by atoms with Gasteiger partial charge >= 0.3 is 0 Å². The largest absolute Gasteiger partial charge is 0.300 e. The molecule has 4 rings (SSSR count). The second kappa shape index (κ2) is 5.62. The summed E-state index contributed by atoms with van der Waals surface area (Å²) < 4.78 is 0. The van der Waals surface area contributed by atoms with Crippen LogP contribution in [-0.4, -0.2) is 17.3 Å². The summed E-state index contributed by atoms with van der Waals surface area (Å²) >= 11 is 0. The Morgan fingerprint density at radius 2 is 1.88 bits per heavy atom. The standard InChI is InChI=1S/C22H30O3/c1-4-5-13-10-14-11-15(23)6-8-21(14,2)16-7-9-22(3)17(19(13)16)12-18(24)20(22)25/h4,13-14,16-17,19H,1,5-12H2,2-3H3/t13-,14+,16+,17+,19-,21+,22+/m1/s1. The smallest absolute Gasteiger partial charge is 0.204 e. The van der Waals surface area contributed by atoms with Crippen molar-refractivity contribution >= 4 is 17.3 Å². The van der Waals surface area contributed by atoms with E-state index in [1.54, 1.807) is 0 Å². The van der Waals surface area contributed by atoms with Gasteiger partial charge in [-0.25, -0.2) is 0 Å². The molecule has 4 saturated carbocycles. The third-order valence-electron chi connectivity index (χ3n) is 8.70. The van der Waals surface area contributed by atoms with Crippen molar-refractivity contribution in [2.45, 2.75) is 65.2 Å². The lowest BCUT2D eigenvalue weighted by molar-refractivity contribution is -0.154. The van der Waals surface area contributed by atoms with E-state index in [4.69, 9.17) is 0 Å². The second-order valence-corrected chi connectivity index (χ2v) is 9.67. The predicted octanol–water partition coefficient (Wildman–Crippen LogP) is 4.15. The summed E-state index contributed by atoms with van der Waals surface area (Å²) in [7, 11) is 0. The first kappa shape index (κ1) is 17.2. The molecule has 4 aliphatic carbocycles. The Bertz CT molecular complexity index is 650. The van der Waals surface area contributed by atoms with E-state index in [1.807, 2.05) is 13.0 Å². The van der Waals surface area contributed by atoms with E-state index in [-0.39, 0.29) is 22.9 Å². The highest BCUT2D eigenvalue weighted by Crippen LogP contribution is 2.66. The lowest BCUT2D eigenvalue weighted by Gasteiger charge is -2.61. The molecule has 0 radical (unpaired) electrons. The summed E-state index contributed by atoms with van der Waals surface area (Å²) in [5.41, 5.74) is -0.238. The van der Waals surface area contributed by atoms with Gasteiger partial charge in [0.1, 0.15) is 5.78 Å². The first-order chi connectivity index (χ1) is 11.8. The number of hydrogen-bond acceptors (Lipinski definition) is 3. The Morgan fingerprint density at radius 1 is 1.12 bits per heavy atom. The zero-order valence-electron chi connectivity index (χ0n) is 15.6. The molecule has 0 amide bonds. The molecule has 7 atom stereocenters. The average molecular weight is 342 g/mol. The highest BCUT2D eigenvalue weighted by atomic mass is 16.2. The number of hydrogen-bond donors (Lipinski definition) is 0. The lowest BCUT2D eigenvalue weighted by atomic mass is 9.42. The highest BCUT2D eigenvalue weighted by molar-refractivity contribution is 6.41. The van der Waals surface area contributed by atoms with Gasteiger partial charge in [0.05, 0.1) is 0 Å². The molecule has 0 aromatic carbocycles. The Hall–Kier alpha value is -1.25. The van der Waals surface area contributed by atoms with Crippen molar-refractivity contribution in [2.75, 3.05) is 0 Å². The molecular weight excluding hydrogens is 312 g/mol. The van der Waals surface area contributed by atoms with E-state index in [9.17, 15) is 14.4 Å². The van der Waals surface area contributed by atoms with Gasteiger partial charge in [-0.2, -0.15) is 0 Å². The van der Waals surface area contributed by atoms with Crippen LogP contribution in [0.1, 0.15) is 65.2 Å². The maximum atomic E-state index is 12.6. The minimum absolute atomic E-state index is 0.112. The Morgan fingerprint density at radius 3 is 2.60 bits per heavy atom. The van der Waals surface area contributed by atoms with Crippen LogP contribution in [0.15, 0.2) is 12.7 Å². The molecule has 0 heterocycles. The second-order valence-electron chi connectivity index (χ2n) is 9.67. The number of carbonyl (C=O) groups is 3. The summed E-state index contributed by atoms with van der Waals surface area (Å²) in [6, 6.07) is 0. The Kier molecular flexibility index (Phi) is 3.86. The van der Waals surface area contributed by atoms with Crippen molar-refractivity contribution in [1.82, 2.24) is 0 Å². The third kappa shape index (κ3) is 2.27. The van der Waals surface area contributed by atoms with Gasteiger partial charge in [-0.3, -0.25) is 14.4 Å². The van der Waals surface area contributed by atoms with Gasteiger partial charge in [0, 0.05) is 24.7 Å². The molecular formula is C22H30O3. The van der Waals surface area contributed by atoms with E-state index >= 15 is 0 Å². The molecule has 0 aromatic rings. The van der Waals surface area contributed by atoms with Crippen LogP contribution in [0.5, 0.6) is 0 Å². The number of rotatable bonds is 2. The monoisotopic (exact) mass is 342 g/mol. The van der Waals surface area contributed by atoms with Crippen LogP contribution >= 0.6 is 0 Å². The molecule has 0 saturated heterocycles. The van der Waals surface area contributed by atoms with Crippen molar-refractivity contribution in [3.63, 3.8) is 0 Å². The fraction of sp³-hybridized carbons (Fsp3) is 0.773. The Labute approximate surface area is 150 Å². The van der Waals surface area contributed by atoms with Gasteiger partial charge in [-0.15, -0.1) is 6.58 Å². The number of carbonyl (C=O) groups excluding carboxylic acids is 3. The molecule has 0 aliphatic heterocycles. The van der Waals surface area contributed by atoms with Gasteiger partial charge < -0.3 is 0 Å². The van der Waals surface area contributed by atoms with Crippen LogP contribution in [0, 0.1) is 40.4 Å². The quantitative estimate of drug-likeness (QED) is 0.559. The number of allylic oxidation sites excluding steroid dienone is 1. The fourth-order valence-corrected chi connectivity index (χ4v) is 7.27. The van der Waals surface area contributed by atoms with Crippen LogP contribution in [0.2, 0.25) is 0 Å². The van der Waals surface area contributed by atoms with Crippen molar-refractivity contribution in [2.24, 2.45) is 40.4 Å². The van der Waals surface area contributed by atoms with Crippen LogP contribution in [0.4, 0.5) is 0 Å². The average Bonchev–Trinajstić information content (AvgIpc) is 2.80. The van der Waals surface area contributed by atoms with Gasteiger partial charge in [0.25, 0.3) is 0 Å². The van der Waals surface area contributed by atoms with Crippen molar-refractivity contribution in [3.05, 3.63) is 12.7 Å². The van der Waals surface area contributed by atoms with E-state index < -0.39 is 5.41 Å². The van der Waals surface area contributed by atoms with E-state index in [1.165, 1.54) is 0 Å². The van der Waals surface area contributed by atoms with Gasteiger partial charge in [-0.1, -0.05) is 19.9 Å². The Balaban J connectivity index is 1.75. The molecule has 0 aromatic heterocycles. The molecule has 4 aliphatic rings. The first-order valence-electron chi connectivity index (χ1n) is 10.0. The minimum atomic E-state index is -0.439.